The largest absolute Gasteiger partial charge is 0.329 e. The first-order chi connectivity index (χ1) is 9.36. The van der Waals surface area contributed by atoms with Gasteiger partial charge in [-0.25, -0.2) is 0 Å². The maximum Gasteiger partial charge on any atom is 0.318 e. The number of nitrogens with one attached hydrogen (secondary N) is 1. The van der Waals surface area contributed by atoms with E-state index in [-0.39, 0.29) is 13.1 Å². The fraction of sp³-hybridized carbons (Fsp3) is 0.308. The third-order valence-electron chi connectivity index (χ3n) is 2.62. The Morgan fingerprint density at radius 3 is 2.55 bits per heavy atom. The van der Waals surface area contributed by atoms with E-state index in [2.05, 4.69) is 5.32 Å². The molecular weight excluding hydrogens is 282 g/mol. The molecule has 0 spiro atoms. The molecule has 0 heterocycles. The van der Waals surface area contributed by atoms with Crippen LogP contribution in [0.1, 0.15) is 12.5 Å². The van der Waals surface area contributed by atoms with E-state index in [1.165, 1.54) is 13.0 Å². The molecular formula is C13H16ClN3O3. The van der Waals surface area contributed by atoms with Gasteiger partial charge in [0.05, 0.1) is 0 Å². The molecule has 3 amide bonds. The van der Waals surface area contributed by atoms with E-state index in [1.54, 1.807) is 19.1 Å². The third-order valence-corrected chi connectivity index (χ3v) is 2.86. The Bertz CT molecular complexity index is 546. The zero-order valence-electron chi connectivity index (χ0n) is 11.3. The smallest absolute Gasteiger partial charge is 0.318 e. The lowest BCUT2D eigenvalue weighted by Gasteiger charge is -2.17. The number of carbonyl (C=O) groups is 3. The highest BCUT2D eigenvalue weighted by Gasteiger charge is 2.24. The van der Waals surface area contributed by atoms with E-state index in [4.69, 9.17) is 17.3 Å². The van der Waals surface area contributed by atoms with E-state index < -0.39 is 17.7 Å². The molecule has 0 aliphatic rings. The van der Waals surface area contributed by atoms with Crippen LogP contribution in [0.2, 0.25) is 5.02 Å². The standard InChI is InChI=1S/C13H16ClN3O3/c1-8-3-4-10(14)7-11(8)16-12(19)13(20)17(6-5-15)9(2)18/h3-4,7H,5-6,15H2,1-2H3,(H,16,19). The molecule has 0 aliphatic carbocycles. The molecule has 0 bridgehead atoms. The summed E-state index contributed by atoms with van der Waals surface area (Å²) in [6, 6.07) is 4.92. The number of aryl methyl sites for hydroxylation is 1. The zero-order chi connectivity index (χ0) is 15.3. The molecule has 6 nitrogen and oxygen atoms in total. The number of rotatable bonds is 3. The van der Waals surface area contributed by atoms with Gasteiger partial charge < -0.3 is 11.1 Å². The monoisotopic (exact) mass is 297 g/mol. The Morgan fingerprint density at radius 2 is 2.00 bits per heavy atom. The number of anilines is 1. The summed E-state index contributed by atoms with van der Waals surface area (Å²) in [6.45, 7) is 3.05. The molecule has 1 aromatic rings. The number of nitrogens with zero attached hydrogens (tertiary/aromatic N) is 1. The number of carbonyl (C=O) groups excluding carboxylic acids is 3. The van der Waals surface area contributed by atoms with Crippen LogP contribution < -0.4 is 11.1 Å². The fourth-order valence-electron chi connectivity index (χ4n) is 1.56. The molecule has 0 aromatic heterocycles. The van der Waals surface area contributed by atoms with Crippen LogP contribution in [-0.2, 0) is 14.4 Å². The third kappa shape index (κ3) is 4.04. The number of imide groups is 1. The van der Waals surface area contributed by atoms with Crippen LogP contribution in [0.4, 0.5) is 5.69 Å². The van der Waals surface area contributed by atoms with Crippen molar-refractivity contribution in [1.29, 1.82) is 0 Å². The first-order valence-electron chi connectivity index (χ1n) is 5.96. The predicted octanol–water partition coefficient (Wildman–Crippen LogP) is 0.921. The maximum atomic E-state index is 11.9. The van der Waals surface area contributed by atoms with Crippen molar-refractivity contribution >= 4 is 35.0 Å². The zero-order valence-corrected chi connectivity index (χ0v) is 12.0. The lowest BCUT2D eigenvalue weighted by Crippen LogP contribution is -2.44. The van der Waals surface area contributed by atoms with Crippen LogP contribution in [0.3, 0.4) is 0 Å². The van der Waals surface area contributed by atoms with Gasteiger partial charge in [0, 0.05) is 30.7 Å². The van der Waals surface area contributed by atoms with E-state index in [0.717, 1.165) is 10.5 Å². The molecule has 1 aromatic carbocycles. The first-order valence-corrected chi connectivity index (χ1v) is 6.34. The summed E-state index contributed by atoms with van der Waals surface area (Å²) >= 11 is 5.83. The highest BCUT2D eigenvalue weighted by molar-refractivity contribution is 6.42. The van der Waals surface area contributed by atoms with Crippen LogP contribution in [0, 0.1) is 6.92 Å². The van der Waals surface area contributed by atoms with Crippen molar-refractivity contribution < 1.29 is 14.4 Å². The number of benzene rings is 1. The van der Waals surface area contributed by atoms with Gasteiger partial charge in [-0.15, -0.1) is 0 Å². The minimum Gasteiger partial charge on any atom is -0.329 e. The molecule has 0 saturated carbocycles. The molecule has 0 radical (unpaired) electrons. The van der Waals surface area contributed by atoms with Crippen LogP contribution in [0.25, 0.3) is 0 Å². The van der Waals surface area contributed by atoms with Crippen molar-refractivity contribution in [1.82, 2.24) is 4.90 Å². The molecule has 108 valence electrons. The van der Waals surface area contributed by atoms with Gasteiger partial charge in [-0.2, -0.15) is 0 Å². The average Bonchev–Trinajstić information content (AvgIpc) is 2.39. The lowest BCUT2D eigenvalue weighted by molar-refractivity contribution is -0.149. The van der Waals surface area contributed by atoms with Gasteiger partial charge in [0.1, 0.15) is 0 Å². The highest BCUT2D eigenvalue weighted by atomic mass is 35.5. The van der Waals surface area contributed by atoms with Gasteiger partial charge in [-0.3, -0.25) is 19.3 Å². The van der Waals surface area contributed by atoms with Gasteiger partial charge in [0.2, 0.25) is 5.91 Å². The van der Waals surface area contributed by atoms with Crippen molar-refractivity contribution in [3.63, 3.8) is 0 Å². The van der Waals surface area contributed by atoms with E-state index in [1.807, 2.05) is 0 Å². The molecule has 7 heteroatoms. The maximum absolute atomic E-state index is 11.9. The first kappa shape index (κ1) is 16.1. The Balaban J connectivity index is 2.87. The summed E-state index contributed by atoms with van der Waals surface area (Å²) in [4.78, 5) is 35.8. The number of hydrogen-bond acceptors (Lipinski definition) is 4. The van der Waals surface area contributed by atoms with Crippen molar-refractivity contribution in [3.05, 3.63) is 28.8 Å². The minimum absolute atomic E-state index is 0.00385. The summed E-state index contributed by atoms with van der Waals surface area (Å²) in [7, 11) is 0. The van der Waals surface area contributed by atoms with E-state index in [9.17, 15) is 14.4 Å². The van der Waals surface area contributed by atoms with Crippen LogP contribution in [0.15, 0.2) is 18.2 Å². The Labute approximate surface area is 121 Å². The second-order valence-corrected chi connectivity index (χ2v) is 4.61. The fourth-order valence-corrected chi connectivity index (χ4v) is 1.73. The van der Waals surface area contributed by atoms with Crippen molar-refractivity contribution in [2.24, 2.45) is 5.73 Å². The van der Waals surface area contributed by atoms with E-state index >= 15 is 0 Å². The van der Waals surface area contributed by atoms with Crippen LogP contribution in [-0.4, -0.2) is 35.7 Å². The van der Waals surface area contributed by atoms with Gasteiger partial charge in [0.15, 0.2) is 0 Å². The Kier molecular flexibility index (Phi) is 5.66. The topological polar surface area (TPSA) is 92.5 Å². The molecule has 0 fully saturated rings. The van der Waals surface area contributed by atoms with Gasteiger partial charge in [0.25, 0.3) is 0 Å². The number of halogens is 1. The molecule has 0 saturated heterocycles. The summed E-state index contributed by atoms with van der Waals surface area (Å²) < 4.78 is 0. The molecule has 0 aliphatic heterocycles. The Morgan fingerprint density at radius 1 is 1.35 bits per heavy atom. The summed E-state index contributed by atoms with van der Waals surface area (Å²) in [5.74, 6) is -2.38. The number of nitrogens with two attached hydrogens (primary N) is 1. The Hall–Kier alpha value is -1.92. The van der Waals surface area contributed by atoms with Crippen LogP contribution in [0.5, 0.6) is 0 Å². The van der Waals surface area contributed by atoms with Crippen molar-refractivity contribution in [3.8, 4) is 0 Å². The van der Waals surface area contributed by atoms with E-state index in [0.29, 0.717) is 10.7 Å². The second kappa shape index (κ2) is 7.02. The number of hydrogen-bond donors (Lipinski definition) is 2. The average molecular weight is 298 g/mol. The lowest BCUT2D eigenvalue weighted by atomic mass is 10.2. The summed E-state index contributed by atoms with van der Waals surface area (Å²) in [5, 5.41) is 2.87. The van der Waals surface area contributed by atoms with Crippen LogP contribution >= 0.6 is 11.6 Å². The molecule has 1 rings (SSSR count). The molecule has 0 unspecified atom stereocenters. The quantitative estimate of drug-likeness (QED) is 0.812. The minimum atomic E-state index is -0.942. The molecule has 3 N–H and O–H groups in total. The molecule has 0 atom stereocenters. The molecule has 20 heavy (non-hydrogen) atoms. The normalized spacial score (nSPS) is 10.0. The second-order valence-electron chi connectivity index (χ2n) is 4.18. The summed E-state index contributed by atoms with van der Waals surface area (Å²) in [5.41, 5.74) is 6.48. The summed E-state index contributed by atoms with van der Waals surface area (Å²) in [6.07, 6.45) is 0. The predicted molar refractivity (Wildman–Crippen MR) is 76.3 cm³/mol. The van der Waals surface area contributed by atoms with Crippen molar-refractivity contribution in [2.45, 2.75) is 13.8 Å². The van der Waals surface area contributed by atoms with Gasteiger partial charge in [-0.05, 0) is 24.6 Å². The van der Waals surface area contributed by atoms with Crippen molar-refractivity contribution in [2.75, 3.05) is 18.4 Å². The van der Waals surface area contributed by atoms with Gasteiger partial charge in [-0.1, -0.05) is 17.7 Å². The SMILES string of the molecule is CC(=O)N(CCN)C(=O)C(=O)Nc1cc(Cl)ccc1C. The van der Waals surface area contributed by atoms with Gasteiger partial charge >= 0.3 is 11.8 Å². The highest BCUT2D eigenvalue weighted by Crippen LogP contribution is 2.20. The number of amides is 3.